The minimum Gasteiger partial charge on any atom is -0.465 e. The maximum Gasteiger partial charge on any atom is 0.408 e. The quantitative estimate of drug-likeness (QED) is 0.584. The first-order valence-electron chi connectivity index (χ1n) is 8.92. The van der Waals surface area contributed by atoms with Crippen LogP contribution in [0.25, 0.3) is 11.0 Å². The fourth-order valence-electron chi connectivity index (χ4n) is 3.64. The molecule has 9 heteroatoms. The molecule has 0 bridgehead atoms. The van der Waals surface area contributed by atoms with Gasteiger partial charge in [-0.1, -0.05) is 12.1 Å². The Kier molecular flexibility index (Phi) is 5.03. The second kappa shape index (κ2) is 7.03. The van der Waals surface area contributed by atoms with E-state index in [-0.39, 0.29) is 25.1 Å². The van der Waals surface area contributed by atoms with Gasteiger partial charge in [-0.3, -0.25) is 4.90 Å². The summed E-state index contributed by atoms with van der Waals surface area (Å²) in [7, 11) is 0. The van der Waals surface area contributed by atoms with E-state index in [0.717, 1.165) is 4.90 Å². The van der Waals surface area contributed by atoms with Crippen molar-refractivity contribution in [2.45, 2.75) is 51.2 Å². The van der Waals surface area contributed by atoms with Gasteiger partial charge in [-0.25, -0.2) is 14.6 Å². The van der Waals surface area contributed by atoms with Gasteiger partial charge in [0.15, 0.2) is 5.60 Å². The van der Waals surface area contributed by atoms with E-state index in [1.165, 1.54) is 0 Å². The van der Waals surface area contributed by atoms with Gasteiger partial charge in [-0.2, -0.15) is 0 Å². The highest BCUT2D eigenvalue weighted by Gasteiger charge is 2.52. The number of aliphatic hydroxyl groups is 1. The molecule has 150 valence electrons. The van der Waals surface area contributed by atoms with Crippen LogP contribution in [-0.4, -0.2) is 55.4 Å². The van der Waals surface area contributed by atoms with Gasteiger partial charge in [0.25, 0.3) is 0 Å². The number of hydrogen-bond donors (Lipinski definition) is 4. The third kappa shape index (κ3) is 3.29. The SMILES string of the molecule is CC(C)(C)OC1(c2nc3c(CO)cccc3[nH]2)CCN(C(=O)O)C(N)C1=C=O. The highest BCUT2D eigenvalue weighted by atomic mass is 16.5. The van der Waals surface area contributed by atoms with Crippen molar-refractivity contribution in [2.75, 3.05) is 6.54 Å². The van der Waals surface area contributed by atoms with Gasteiger partial charge in [0.1, 0.15) is 17.9 Å². The Morgan fingerprint density at radius 2 is 2.21 bits per heavy atom. The first-order chi connectivity index (χ1) is 13.1. The first-order valence-corrected chi connectivity index (χ1v) is 8.92. The summed E-state index contributed by atoms with van der Waals surface area (Å²) in [5, 5.41) is 19.0. The highest BCUT2D eigenvalue weighted by molar-refractivity contribution is 5.79. The van der Waals surface area contributed by atoms with Gasteiger partial charge < -0.3 is 25.7 Å². The third-order valence-corrected chi connectivity index (χ3v) is 4.76. The number of carboxylic acid groups (broad SMARTS) is 1. The molecule has 0 saturated carbocycles. The fourth-order valence-corrected chi connectivity index (χ4v) is 3.64. The number of rotatable bonds is 3. The number of piperidine rings is 1. The smallest absolute Gasteiger partial charge is 0.408 e. The van der Waals surface area contributed by atoms with Crippen LogP contribution in [0.3, 0.4) is 0 Å². The Morgan fingerprint density at radius 1 is 1.50 bits per heavy atom. The lowest BCUT2D eigenvalue weighted by atomic mass is 9.83. The fraction of sp³-hybridized carbons (Fsp3) is 0.474. The number of para-hydroxylation sites is 1. The lowest BCUT2D eigenvalue weighted by Crippen LogP contribution is -2.59. The molecule has 5 N–H and O–H groups in total. The minimum atomic E-state index is -1.36. The Morgan fingerprint density at radius 3 is 2.79 bits per heavy atom. The van der Waals surface area contributed by atoms with Crippen molar-refractivity contribution in [1.82, 2.24) is 14.9 Å². The van der Waals surface area contributed by atoms with Crippen LogP contribution in [0, 0.1) is 0 Å². The van der Waals surface area contributed by atoms with Crippen LogP contribution >= 0.6 is 0 Å². The van der Waals surface area contributed by atoms with Crippen LogP contribution in [0.15, 0.2) is 23.8 Å². The summed E-state index contributed by atoms with van der Waals surface area (Å²) >= 11 is 0. The number of H-pyrrole nitrogens is 1. The Balaban J connectivity index is 2.22. The standard InChI is InChI=1S/C19H24N4O5/c1-18(2,3)28-19(7-8-23(17(26)27)15(20)12(19)10-25)16-21-13-6-4-5-11(9-24)14(13)22-16/h4-6,15,24H,7-9,20H2,1-3H3,(H,21,22)(H,26,27). The largest absolute Gasteiger partial charge is 0.465 e. The molecule has 1 saturated heterocycles. The molecule has 28 heavy (non-hydrogen) atoms. The number of ether oxygens (including phenoxy) is 1. The number of fused-ring (bicyclic) bond motifs is 1. The maximum absolute atomic E-state index is 11.9. The molecule has 2 atom stereocenters. The number of benzene rings is 1. The molecule has 1 aromatic heterocycles. The third-order valence-electron chi connectivity index (χ3n) is 4.76. The minimum absolute atomic E-state index is 0.0410. The van der Waals surface area contributed by atoms with Crippen molar-refractivity contribution in [1.29, 1.82) is 0 Å². The monoisotopic (exact) mass is 388 g/mol. The number of nitrogens with zero attached hydrogens (tertiary/aromatic N) is 2. The zero-order valence-electron chi connectivity index (χ0n) is 16.0. The number of carbonyl (C=O) groups is 1. The molecular formula is C19H24N4O5. The molecule has 3 rings (SSSR count). The number of imidazole rings is 1. The van der Waals surface area contributed by atoms with Gasteiger partial charge in [0.05, 0.1) is 28.8 Å². The topological polar surface area (TPSA) is 142 Å². The van der Waals surface area contributed by atoms with Crippen LogP contribution < -0.4 is 5.73 Å². The predicted molar refractivity (Wildman–Crippen MR) is 101 cm³/mol. The average Bonchev–Trinajstić information content (AvgIpc) is 3.05. The molecule has 1 aliphatic heterocycles. The van der Waals surface area contributed by atoms with Crippen molar-refractivity contribution in [3.8, 4) is 0 Å². The van der Waals surface area contributed by atoms with Gasteiger partial charge in [-0.15, -0.1) is 0 Å². The van der Waals surface area contributed by atoms with Crippen molar-refractivity contribution < 1.29 is 24.5 Å². The molecule has 1 aliphatic rings. The van der Waals surface area contributed by atoms with E-state index in [4.69, 9.17) is 10.5 Å². The van der Waals surface area contributed by atoms with Crippen molar-refractivity contribution >= 4 is 23.1 Å². The van der Waals surface area contributed by atoms with Gasteiger partial charge in [0, 0.05) is 18.5 Å². The molecule has 0 spiro atoms. The number of carbonyl (C=O) groups excluding carboxylic acids is 1. The average molecular weight is 388 g/mol. The van der Waals surface area contributed by atoms with E-state index in [0.29, 0.717) is 22.4 Å². The van der Waals surface area contributed by atoms with Gasteiger partial charge in [-0.05, 0) is 26.8 Å². The molecule has 1 amide bonds. The molecule has 9 nitrogen and oxygen atoms in total. The second-order valence-electron chi connectivity index (χ2n) is 7.78. The molecule has 0 aliphatic carbocycles. The Labute approximate surface area is 161 Å². The van der Waals surface area contributed by atoms with Crippen LogP contribution in [0.1, 0.15) is 38.6 Å². The lowest BCUT2D eigenvalue weighted by molar-refractivity contribution is -0.139. The van der Waals surface area contributed by atoms with E-state index in [1.807, 2.05) is 26.7 Å². The number of likely N-dealkylation sites (tertiary alicyclic amines) is 1. The summed E-state index contributed by atoms with van der Waals surface area (Å²) in [5.41, 5.74) is 5.84. The van der Waals surface area contributed by atoms with E-state index < -0.39 is 23.5 Å². The Bertz CT molecular complexity index is 957. The van der Waals surface area contributed by atoms with Gasteiger partial charge in [0.2, 0.25) is 0 Å². The van der Waals surface area contributed by atoms with E-state index >= 15 is 0 Å². The summed E-state index contributed by atoms with van der Waals surface area (Å²) in [6.07, 6.45) is -2.29. The van der Waals surface area contributed by atoms with Crippen LogP contribution in [-0.2, 0) is 21.7 Å². The molecule has 1 fully saturated rings. The lowest BCUT2D eigenvalue weighted by Gasteiger charge is -2.46. The Hall–Kier alpha value is -2.71. The van der Waals surface area contributed by atoms with Crippen molar-refractivity contribution in [3.63, 3.8) is 0 Å². The molecule has 0 radical (unpaired) electrons. The number of aliphatic hydroxyl groups excluding tert-OH is 1. The second-order valence-corrected chi connectivity index (χ2v) is 7.78. The van der Waals surface area contributed by atoms with Crippen molar-refractivity contribution in [3.05, 3.63) is 35.2 Å². The molecule has 1 aromatic carbocycles. The van der Waals surface area contributed by atoms with Crippen LogP contribution in [0.2, 0.25) is 0 Å². The summed E-state index contributed by atoms with van der Waals surface area (Å²) < 4.78 is 6.30. The van der Waals surface area contributed by atoms with Crippen molar-refractivity contribution in [2.24, 2.45) is 5.73 Å². The number of nitrogens with one attached hydrogen (secondary N) is 1. The molecule has 2 unspecified atom stereocenters. The zero-order valence-corrected chi connectivity index (χ0v) is 16.0. The predicted octanol–water partition coefficient (Wildman–Crippen LogP) is 1.49. The van der Waals surface area contributed by atoms with Crippen LogP contribution in [0.5, 0.6) is 0 Å². The summed E-state index contributed by atoms with van der Waals surface area (Å²) in [6.45, 7) is 5.34. The van der Waals surface area contributed by atoms with Crippen LogP contribution in [0.4, 0.5) is 4.79 Å². The highest BCUT2D eigenvalue weighted by Crippen LogP contribution is 2.43. The first kappa shape index (κ1) is 20.0. The maximum atomic E-state index is 11.9. The number of aromatic amines is 1. The van der Waals surface area contributed by atoms with Gasteiger partial charge >= 0.3 is 6.09 Å². The summed E-state index contributed by atoms with van der Waals surface area (Å²) in [5.74, 6) is 2.16. The van der Waals surface area contributed by atoms with E-state index in [9.17, 15) is 19.8 Å². The number of amides is 1. The summed E-state index contributed by atoms with van der Waals surface area (Å²) in [4.78, 5) is 32.2. The molecular weight excluding hydrogens is 364 g/mol. The normalized spacial score (nSPS) is 23.1. The molecule has 2 heterocycles. The number of nitrogens with two attached hydrogens (primary N) is 1. The summed E-state index contributed by atoms with van der Waals surface area (Å²) in [6, 6.07) is 5.33. The number of hydrogen-bond acceptors (Lipinski definition) is 6. The van der Waals surface area contributed by atoms with E-state index in [2.05, 4.69) is 9.97 Å². The zero-order chi connectivity index (χ0) is 20.7. The van der Waals surface area contributed by atoms with E-state index in [1.54, 1.807) is 18.2 Å². The molecule has 2 aromatic rings. The number of aromatic nitrogens is 2.